The lowest BCUT2D eigenvalue weighted by Crippen LogP contribution is -2.38. The molecule has 0 aliphatic carbocycles. The highest BCUT2D eigenvalue weighted by atomic mass is 35.5. The van der Waals surface area contributed by atoms with E-state index in [1.165, 1.54) is 0 Å². The molecule has 2 aromatic carbocycles. The summed E-state index contributed by atoms with van der Waals surface area (Å²) in [4.78, 5) is 12.6. The molecule has 0 saturated heterocycles. The minimum atomic E-state index is -3.92. The number of nitrogens with one attached hydrogen (secondary N) is 2. The number of amides is 1. The van der Waals surface area contributed by atoms with Crippen LogP contribution in [0, 0.1) is 0 Å². The summed E-state index contributed by atoms with van der Waals surface area (Å²) in [6, 6.07) is 13.1. The van der Waals surface area contributed by atoms with Crippen LogP contribution in [0.15, 0.2) is 42.5 Å². The Hall–Kier alpha value is -1.84. The van der Waals surface area contributed by atoms with Gasteiger partial charge in [0, 0.05) is 24.9 Å². The first-order chi connectivity index (χ1) is 14.7. The van der Waals surface area contributed by atoms with Crippen LogP contribution in [0.2, 0.25) is 10.0 Å². The van der Waals surface area contributed by atoms with Crippen LogP contribution < -0.4 is 10.6 Å². The third-order valence-electron chi connectivity index (χ3n) is 4.35. The number of benzene rings is 2. The molecule has 1 unspecified atom stereocenters. The van der Waals surface area contributed by atoms with E-state index in [0.29, 0.717) is 28.5 Å². The zero-order chi connectivity index (χ0) is 24.5. The number of nitrogens with zero attached hydrogens (tertiary/aromatic N) is 1. The lowest BCUT2D eigenvalue weighted by molar-refractivity contribution is -0.870. The standard InChI is InChI=1S/C21H27Cl2N3O.CH4O3S/c1-15(21(27)24-13-8-14-26(2,3)4)16-9-5-6-12-19(16)25-20-17(22)10-7-11-18(20)23;1-5(2,3)4/h5-7,9-12,15,25H,8,13-14H2,1-4H3;1H3,(H,2,3,4). The highest BCUT2D eigenvalue weighted by Crippen LogP contribution is 2.35. The van der Waals surface area contributed by atoms with Crippen molar-refractivity contribution in [3.63, 3.8) is 0 Å². The highest BCUT2D eigenvalue weighted by molar-refractivity contribution is 7.84. The van der Waals surface area contributed by atoms with Gasteiger partial charge in [0.15, 0.2) is 0 Å². The van der Waals surface area contributed by atoms with Crippen molar-refractivity contribution in [2.75, 3.05) is 45.8 Å². The molecule has 10 heteroatoms. The summed E-state index contributed by atoms with van der Waals surface area (Å²) in [6.45, 7) is 3.59. The Labute approximate surface area is 201 Å². The smallest absolute Gasteiger partial charge is 0.227 e. The lowest BCUT2D eigenvalue weighted by Gasteiger charge is -2.24. The first-order valence-electron chi connectivity index (χ1n) is 9.98. The molecule has 7 nitrogen and oxygen atoms in total. The number of rotatable bonds is 8. The predicted octanol–water partition coefficient (Wildman–Crippen LogP) is 4.21. The topological polar surface area (TPSA) is 98.3 Å². The molecule has 2 rings (SSSR count). The van der Waals surface area contributed by atoms with Crippen LogP contribution in [0.3, 0.4) is 0 Å². The number of anilines is 2. The van der Waals surface area contributed by atoms with Gasteiger partial charge in [-0.1, -0.05) is 47.5 Å². The molecule has 178 valence electrons. The van der Waals surface area contributed by atoms with Crippen LogP contribution in [0.5, 0.6) is 0 Å². The molecule has 0 bridgehead atoms. The van der Waals surface area contributed by atoms with Gasteiger partial charge in [-0.25, -0.2) is 8.42 Å². The van der Waals surface area contributed by atoms with Crippen molar-refractivity contribution in [1.82, 2.24) is 5.32 Å². The molecule has 0 fully saturated rings. The monoisotopic (exact) mass is 503 g/mol. The number of hydrogen-bond donors (Lipinski definition) is 2. The molecule has 1 amide bonds. The Kier molecular flexibility index (Phi) is 10.9. The number of carbonyl (C=O) groups excluding carboxylic acids is 1. The molecule has 2 N–H and O–H groups in total. The summed E-state index contributed by atoms with van der Waals surface area (Å²) in [6.07, 6.45) is 1.55. The fourth-order valence-corrected chi connectivity index (χ4v) is 3.29. The number of carbonyl (C=O) groups is 1. The second-order valence-electron chi connectivity index (χ2n) is 8.39. The minimum absolute atomic E-state index is 0.0101. The maximum Gasteiger partial charge on any atom is 0.227 e. The zero-order valence-electron chi connectivity index (χ0n) is 19.0. The Morgan fingerprint density at radius 1 is 1.06 bits per heavy atom. The van der Waals surface area contributed by atoms with Gasteiger partial charge < -0.3 is 19.7 Å². The molecule has 0 heterocycles. The second kappa shape index (κ2) is 12.4. The van der Waals surface area contributed by atoms with Crippen LogP contribution in [0.1, 0.15) is 24.8 Å². The van der Waals surface area contributed by atoms with Gasteiger partial charge in [-0.3, -0.25) is 4.79 Å². The normalized spacial score (nSPS) is 12.4. The predicted molar refractivity (Wildman–Crippen MR) is 131 cm³/mol. The molecule has 0 aliphatic heterocycles. The minimum Gasteiger partial charge on any atom is -0.748 e. The van der Waals surface area contributed by atoms with Gasteiger partial charge in [-0.2, -0.15) is 0 Å². The van der Waals surface area contributed by atoms with Gasteiger partial charge in [0.05, 0.1) is 59.5 Å². The molecule has 32 heavy (non-hydrogen) atoms. The van der Waals surface area contributed by atoms with E-state index in [9.17, 15) is 4.79 Å². The van der Waals surface area contributed by atoms with Gasteiger partial charge in [0.2, 0.25) is 5.91 Å². The van der Waals surface area contributed by atoms with Crippen molar-refractivity contribution in [3.8, 4) is 0 Å². The molecule has 0 saturated carbocycles. The van der Waals surface area contributed by atoms with Gasteiger partial charge in [-0.05, 0) is 30.7 Å². The third-order valence-corrected chi connectivity index (χ3v) is 4.98. The summed E-state index contributed by atoms with van der Waals surface area (Å²) in [5.41, 5.74) is 2.36. The maximum absolute atomic E-state index is 12.6. The van der Waals surface area contributed by atoms with Gasteiger partial charge in [0.25, 0.3) is 0 Å². The van der Waals surface area contributed by atoms with Crippen molar-refractivity contribution in [1.29, 1.82) is 0 Å². The summed E-state index contributed by atoms with van der Waals surface area (Å²) in [5.74, 6) is -0.282. The fourth-order valence-electron chi connectivity index (χ4n) is 2.80. The third kappa shape index (κ3) is 11.2. The molecule has 0 radical (unpaired) electrons. The van der Waals surface area contributed by atoms with Crippen LogP contribution in [-0.4, -0.2) is 63.8 Å². The van der Waals surface area contributed by atoms with Crippen LogP contribution in [-0.2, 0) is 14.9 Å². The van der Waals surface area contributed by atoms with Crippen molar-refractivity contribution in [3.05, 3.63) is 58.1 Å². The van der Waals surface area contributed by atoms with E-state index in [-0.39, 0.29) is 11.8 Å². The van der Waals surface area contributed by atoms with E-state index in [4.69, 9.17) is 36.2 Å². The fraction of sp³-hybridized carbons (Fsp3) is 0.409. The zero-order valence-corrected chi connectivity index (χ0v) is 21.3. The van der Waals surface area contributed by atoms with Crippen molar-refractivity contribution >= 4 is 50.6 Å². The first-order valence-corrected chi connectivity index (χ1v) is 12.6. The Morgan fingerprint density at radius 3 is 2.12 bits per heavy atom. The Morgan fingerprint density at radius 2 is 1.59 bits per heavy atom. The van der Waals surface area contributed by atoms with E-state index < -0.39 is 10.1 Å². The molecule has 2 aromatic rings. The van der Waals surface area contributed by atoms with Gasteiger partial charge in [0.1, 0.15) is 0 Å². The van der Waals surface area contributed by atoms with Crippen molar-refractivity contribution in [2.45, 2.75) is 19.3 Å². The number of quaternary nitrogens is 1. The average Bonchev–Trinajstić information content (AvgIpc) is 2.66. The molecular weight excluding hydrogens is 473 g/mol. The van der Waals surface area contributed by atoms with Crippen LogP contribution in [0.25, 0.3) is 0 Å². The van der Waals surface area contributed by atoms with E-state index >= 15 is 0 Å². The van der Waals surface area contributed by atoms with E-state index in [1.807, 2.05) is 31.2 Å². The van der Waals surface area contributed by atoms with E-state index in [2.05, 4.69) is 31.8 Å². The second-order valence-corrected chi connectivity index (χ2v) is 10.6. The molecule has 0 aromatic heterocycles. The van der Waals surface area contributed by atoms with Crippen molar-refractivity contribution < 1.29 is 22.2 Å². The largest absolute Gasteiger partial charge is 0.748 e. The number of hydrogen-bond acceptors (Lipinski definition) is 5. The maximum atomic E-state index is 12.6. The summed E-state index contributed by atoms with van der Waals surface area (Å²) < 4.78 is 28.1. The molecule has 1 atom stereocenters. The first kappa shape index (κ1) is 28.2. The Balaban J connectivity index is 0.000000920. The SMILES string of the molecule is CC(C(=O)NCCC[N+](C)(C)C)c1ccccc1Nc1c(Cl)cccc1Cl.CS(=O)(=O)[O-]. The summed E-state index contributed by atoms with van der Waals surface area (Å²) >= 11 is 12.5. The molecule has 0 aliphatic rings. The van der Waals surface area contributed by atoms with Crippen LogP contribution >= 0.6 is 23.2 Å². The van der Waals surface area contributed by atoms with Gasteiger partial charge >= 0.3 is 0 Å². The molecule has 0 spiro atoms. The molecular formula is C22H31Cl2N3O4S. The summed E-state index contributed by atoms with van der Waals surface area (Å²) in [5, 5.41) is 7.40. The number of para-hydroxylation sites is 2. The van der Waals surface area contributed by atoms with E-state index in [0.717, 1.165) is 28.7 Å². The summed E-state index contributed by atoms with van der Waals surface area (Å²) in [7, 11) is 2.52. The highest BCUT2D eigenvalue weighted by Gasteiger charge is 2.19. The lowest BCUT2D eigenvalue weighted by atomic mass is 9.98. The average molecular weight is 504 g/mol. The number of halogens is 2. The van der Waals surface area contributed by atoms with Crippen LogP contribution in [0.4, 0.5) is 11.4 Å². The van der Waals surface area contributed by atoms with Crippen molar-refractivity contribution in [2.24, 2.45) is 0 Å². The Bertz CT molecular complexity index is 980. The van der Waals surface area contributed by atoms with Gasteiger partial charge in [-0.15, -0.1) is 0 Å². The quantitative estimate of drug-likeness (QED) is 0.319. The van der Waals surface area contributed by atoms with E-state index in [1.54, 1.807) is 18.2 Å².